The number of carbonyl (C=O) groups is 2. The van der Waals surface area contributed by atoms with Crippen LogP contribution in [0.5, 0.6) is 23.0 Å². The molecule has 0 aliphatic heterocycles. The average Bonchev–Trinajstić information content (AvgIpc) is 3.56. The Hall–Kier alpha value is -3.70. The summed E-state index contributed by atoms with van der Waals surface area (Å²) in [5, 5.41) is 9.75. The molecule has 0 unspecified atom stereocenters. The standard InChI is InChI=1S/C22H19NO9S/c1-30-18-11-15-16(12-19(18)32-33(27,28)29)23-9-6-17(15)31-14-4-2-13(3-5-14)10-20(24)22(7-8-22)21(25)26/h2-6,9,11-12H,7-8,10H2,1H3,(H,25,26)(H,27,28,29). The van der Waals surface area contributed by atoms with Crippen LogP contribution in [0.15, 0.2) is 48.7 Å². The highest BCUT2D eigenvalue weighted by atomic mass is 32.3. The number of benzene rings is 2. The lowest BCUT2D eigenvalue weighted by Crippen LogP contribution is -2.26. The molecule has 2 aromatic carbocycles. The second-order valence-corrected chi connectivity index (χ2v) is 8.60. The molecule has 0 bridgehead atoms. The van der Waals surface area contributed by atoms with Gasteiger partial charge < -0.3 is 18.8 Å². The van der Waals surface area contributed by atoms with Crippen molar-refractivity contribution in [2.24, 2.45) is 5.41 Å². The molecule has 172 valence electrons. The molecule has 1 aromatic heterocycles. The highest BCUT2D eigenvalue weighted by Crippen LogP contribution is 2.47. The Morgan fingerprint density at radius 2 is 1.76 bits per heavy atom. The summed E-state index contributed by atoms with van der Waals surface area (Å²) in [6.45, 7) is 0. The van der Waals surface area contributed by atoms with Crippen LogP contribution in [0.25, 0.3) is 10.9 Å². The summed E-state index contributed by atoms with van der Waals surface area (Å²) in [6.07, 6.45) is 2.23. The Labute approximate surface area is 188 Å². The molecule has 0 amide bonds. The van der Waals surface area contributed by atoms with Crippen LogP contribution in [0.3, 0.4) is 0 Å². The van der Waals surface area contributed by atoms with Crippen LogP contribution in [-0.4, -0.2) is 41.9 Å². The molecule has 3 aromatic rings. The van der Waals surface area contributed by atoms with Gasteiger partial charge in [0.05, 0.1) is 12.6 Å². The number of carboxylic acids is 1. The van der Waals surface area contributed by atoms with Gasteiger partial charge in [-0.25, -0.2) is 0 Å². The maximum Gasteiger partial charge on any atom is 0.446 e. The zero-order chi connectivity index (χ0) is 23.8. The predicted octanol–water partition coefficient (Wildman–Crippen LogP) is 3.19. The number of hydrogen-bond acceptors (Lipinski definition) is 8. The maximum atomic E-state index is 12.3. The topological polar surface area (TPSA) is 149 Å². The zero-order valence-electron chi connectivity index (χ0n) is 17.3. The van der Waals surface area contributed by atoms with Crippen LogP contribution in [0, 0.1) is 5.41 Å². The summed E-state index contributed by atoms with van der Waals surface area (Å²) in [7, 11) is -3.45. The van der Waals surface area contributed by atoms with Gasteiger partial charge in [-0.05, 0) is 42.7 Å². The molecule has 1 aliphatic carbocycles. The van der Waals surface area contributed by atoms with Crippen molar-refractivity contribution in [3.63, 3.8) is 0 Å². The Balaban J connectivity index is 1.56. The fraction of sp³-hybridized carbons (Fsp3) is 0.227. The normalized spacial score (nSPS) is 14.5. The van der Waals surface area contributed by atoms with Crippen LogP contribution in [0.1, 0.15) is 18.4 Å². The van der Waals surface area contributed by atoms with Crippen molar-refractivity contribution in [3.8, 4) is 23.0 Å². The molecule has 10 nitrogen and oxygen atoms in total. The quantitative estimate of drug-likeness (QED) is 0.350. The molecular formula is C22H19NO9S. The molecule has 1 aliphatic rings. The number of ketones is 1. The summed E-state index contributed by atoms with van der Waals surface area (Å²) in [6, 6.07) is 11.0. The number of hydrogen-bond donors (Lipinski definition) is 2. The van der Waals surface area contributed by atoms with E-state index in [1.54, 1.807) is 30.3 Å². The minimum absolute atomic E-state index is 0.0263. The highest BCUT2D eigenvalue weighted by Gasteiger charge is 2.56. The number of carbonyl (C=O) groups excluding carboxylic acids is 1. The fourth-order valence-corrected chi connectivity index (χ4v) is 3.81. The van der Waals surface area contributed by atoms with Gasteiger partial charge >= 0.3 is 16.4 Å². The third-order valence-corrected chi connectivity index (χ3v) is 5.78. The van der Waals surface area contributed by atoms with E-state index in [1.165, 1.54) is 25.4 Å². The monoisotopic (exact) mass is 473 g/mol. The Morgan fingerprint density at radius 1 is 1.06 bits per heavy atom. The van der Waals surface area contributed by atoms with Crippen molar-refractivity contribution in [2.75, 3.05) is 7.11 Å². The van der Waals surface area contributed by atoms with E-state index >= 15 is 0 Å². The van der Waals surface area contributed by atoms with Gasteiger partial charge in [-0.15, -0.1) is 0 Å². The zero-order valence-corrected chi connectivity index (χ0v) is 18.2. The van der Waals surface area contributed by atoms with Gasteiger partial charge in [-0.1, -0.05) is 12.1 Å². The lowest BCUT2D eigenvalue weighted by Gasteiger charge is -2.13. The number of aromatic nitrogens is 1. The van der Waals surface area contributed by atoms with E-state index in [2.05, 4.69) is 9.17 Å². The van der Waals surface area contributed by atoms with Crippen molar-refractivity contribution < 1.29 is 41.3 Å². The smallest absolute Gasteiger partial charge is 0.446 e. The number of Topliss-reactive ketones (excluding diaryl/α,β-unsaturated/α-hetero) is 1. The number of ether oxygens (including phenoxy) is 2. The van der Waals surface area contributed by atoms with Crippen molar-refractivity contribution in [1.82, 2.24) is 4.98 Å². The average molecular weight is 473 g/mol. The molecule has 11 heteroatoms. The molecular weight excluding hydrogens is 454 g/mol. The third kappa shape index (κ3) is 4.73. The van der Waals surface area contributed by atoms with E-state index in [9.17, 15) is 23.1 Å². The van der Waals surface area contributed by atoms with Crippen LogP contribution in [0.4, 0.5) is 0 Å². The summed E-state index contributed by atoms with van der Waals surface area (Å²) >= 11 is 0. The number of nitrogens with zero attached hydrogens (tertiary/aromatic N) is 1. The summed E-state index contributed by atoms with van der Waals surface area (Å²) in [5.41, 5.74) is -0.229. The second-order valence-electron chi connectivity index (χ2n) is 7.57. The number of fused-ring (bicyclic) bond motifs is 1. The van der Waals surface area contributed by atoms with E-state index < -0.39 is 21.8 Å². The van der Waals surface area contributed by atoms with Gasteiger partial charge in [0.2, 0.25) is 0 Å². The summed E-state index contributed by atoms with van der Waals surface area (Å²) in [5.74, 6) is -0.727. The second kappa shape index (κ2) is 8.34. The highest BCUT2D eigenvalue weighted by molar-refractivity contribution is 7.81. The first-order chi connectivity index (χ1) is 15.6. The Kier molecular flexibility index (Phi) is 5.68. The SMILES string of the molecule is COc1cc2c(Oc3ccc(CC(=O)C4(C(=O)O)CC4)cc3)ccnc2cc1OS(=O)(=O)O. The molecule has 0 spiro atoms. The summed E-state index contributed by atoms with van der Waals surface area (Å²) < 4.78 is 46.7. The van der Waals surface area contributed by atoms with Gasteiger partial charge in [0.1, 0.15) is 16.9 Å². The molecule has 0 radical (unpaired) electrons. The van der Waals surface area contributed by atoms with Crippen molar-refractivity contribution in [3.05, 3.63) is 54.2 Å². The minimum atomic E-state index is -4.76. The van der Waals surface area contributed by atoms with E-state index in [0.717, 1.165) is 0 Å². The molecule has 0 saturated heterocycles. The molecule has 33 heavy (non-hydrogen) atoms. The molecule has 0 atom stereocenters. The van der Waals surface area contributed by atoms with Crippen molar-refractivity contribution >= 4 is 33.1 Å². The van der Waals surface area contributed by atoms with Gasteiger partial charge in [0.15, 0.2) is 17.3 Å². The van der Waals surface area contributed by atoms with E-state index in [-0.39, 0.29) is 23.7 Å². The Bertz CT molecular complexity index is 1350. The number of carboxylic acid groups (broad SMARTS) is 1. The number of methoxy groups -OCH3 is 1. The lowest BCUT2D eigenvalue weighted by atomic mass is 9.95. The first-order valence-corrected chi connectivity index (χ1v) is 11.1. The summed E-state index contributed by atoms with van der Waals surface area (Å²) in [4.78, 5) is 27.8. The van der Waals surface area contributed by atoms with Crippen LogP contribution < -0.4 is 13.7 Å². The molecule has 1 saturated carbocycles. The van der Waals surface area contributed by atoms with Gasteiger partial charge in [0.25, 0.3) is 0 Å². The van der Waals surface area contributed by atoms with Gasteiger partial charge in [0, 0.05) is 24.1 Å². The van der Waals surface area contributed by atoms with Gasteiger partial charge in [-0.3, -0.25) is 19.1 Å². The molecule has 4 rings (SSSR count). The minimum Gasteiger partial charge on any atom is -0.493 e. The van der Waals surface area contributed by atoms with E-state index in [1.807, 2.05) is 0 Å². The van der Waals surface area contributed by atoms with Crippen molar-refractivity contribution in [2.45, 2.75) is 19.3 Å². The first-order valence-electron chi connectivity index (χ1n) is 9.78. The molecule has 1 heterocycles. The fourth-order valence-electron chi connectivity index (χ4n) is 3.45. The van der Waals surface area contributed by atoms with Crippen LogP contribution in [0.2, 0.25) is 0 Å². The van der Waals surface area contributed by atoms with Gasteiger partial charge in [-0.2, -0.15) is 8.42 Å². The van der Waals surface area contributed by atoms with Crippen LogP contribution >= 0.6 is 0 Å². The van der Waals surface area contributed by atoms with E-state index in [0.29, 0.717) is 40.8 Å². The third-order valence-electron chi connectivity index (χ3n) is 5.39. The lowest BCUT2D eigenvalue weighted by molar-refractivity contribution is -0.148. The number of rotatable bonds is 9. The first kappa shape index (κ1) is 22.5. The number of pyridine rings is 1. The van der Waals surface area contributed by atoms with Crippen molar-refractivity contribution in [1.29, 1.82) is 0 Å². The number of aliphatic carboxylic acids is 1. The van der Waals surface area contributed by atoms with Crippen LogP contribution in [-0.2, 0) is 26.4 Å². The largest absolute Gasteiger partial charge is 0.493 e. The predicted molar refractivity (Wildman–Crippen MR) is 115 cm³/mol. The van der Waals surface area contributed by atoms with E-state index in [4.69, 9.17) is 14.0 Å². The Morgan fingerprint density at radius 3 is 2.33 bits per heavy atom. The maximum absolute atomic E-state index is 12.3. The molecule has 2 N–H and O–H groups in total. The molecule has 1 fully saturated rings.